The van der Waals surface area contributed by atoms with Gasteiger partial charge >= 0.3 is 6.09 Å². The van der Waals surface area contributed by atoms with Crippen LogP contribution < -0.4 is 9.64 Å². The summed E-state index contributed by atoms with van der Waals surface area (Å²) in [5.74, 6) is 0.797. The molecule has 0 aliphatic carbocycles. The number of rotatable bonds is 5. The zero-order valence-electron chi connectivity index (χ0n) is 17.4. The topological polar surface area (TPSA) is 62.2 Å². The molecule has 1 atom stereocenters. The first-order valence-electron chi connectivity index (χ1n) is 9.98. The van der Waals surface area contributed by atoms with Gasteiger partial charge in [-0.05, 0) is 50.6 Å². The lowest BCUT2D eigenvalue weighted by atomic mass is 10.1. The van der Waals surface area contributed by atoms with E-state index >= 15 is 0 Å². The van der Waals surface area contributed by atoms with Gasteiger partial charge in [0.15, 0.2) is 0 Å². The fourth-order valence-electron chi connectivity index (χ4n) is 3.32. The summed E-state index contributed by atoms with van der Waals surface area (Å²) >= 11 is 0. The van der Waals surface area contributed by atoms with Crippen LogP contribution in [0.15, 0.2) is 54.6 Å². The van der Waals surface area contributed by atoms with E-state index < -0.39 is 5.60 Å². The second-order valence-electron chi connectivity index (χ2n) is 8.22. The number of ether oxygens (including phenoxy) is 2. The zero-order valence-corrected chi connectivity index (χ0v) is 17.4. The molecular formula is C23H30N2O4. The molecule has 156 valence electrons. The van der Waals surface area contributed by atoms with Crippen LogP contribution in [-0.2, 0) is 11.3 Å². The highest BCUT2D eigenvalue weighted by molar-refractivity contribution is 5.69. The second kappa shape index (κ2) is 9.18. The molecule has 1 unspecified atom stereocenters. The van der Waals surface area contributed by atoms with Crippen molar-refractivity contribution in [2.75, 3.05) is 31.1 Å². The van der Waals surface area contributed by atoms with Crippen molar-refractivity contribution in [1.29, 1.82) is 0 Å². The van der Waals surface area contributed by atoms with Crippen LogP contribution in [0, 0.1) is 0 Å². The molecule has 1 aliphatic heterocycles. The Balaban J connectivity index is 1.59. The first-order chi connectivity index (χ1) is 13.9. The molecule has 2 aromatic rings. The van der Waals surface area contributed by atoms with Gasteiger partial charge < -0.3 is 24.4 Å². The van der Waals surface area contributed by atoms with Gasteiger partial charge in [-0.1, -0.05) is 30.3 Å². The van der Waals surface area contributed by atoms with E-state index in [4.69, 9.17) is 9.47 Å². The van der Waals surface area contributed by atoms with Crippen molar-refractivity contribution in [3.8, 4) is 5.75 Å². The van der Waals surface area contributed by atoms with E-state index in [1.54, 1.807) is 4.90 Å². The predicted molar refractivity (Wildman–Crippen MR) is 113 cm³/mol. The van der Waals surface area contributed by atoms with E-state index in [2.05, 4.69) is 4.90 Å². The fourth-order valence-corrected chi connectivity index (χ4v) is 3.32. The maximum atomic E-state index is 12.3. The maximum Gasteiger partial charge on any atom is 0.410 e. The first-order valence-corrected chi connectivity index (χ1v) is 9.98. The highest BCUT2D eigenvalue weighted by atomic mass is 16.6. The second-order valence-corrected chi connectivity index (χ2v) is 8.22. The molecule has 2 aromatic carbocycles. The lowest BCUT2D eigenvalue weighted by Gasteiger charge is -2.42. The van der Waals surface area contributed by atoms with Gasteiger partial charge in [-0.2, -0.15) is 0 Å². The quantitative estimate of drug-likeness (QED) is 0.832. The molecule has 6 heteroatoms. The molecule has 0 radical (unpaired) electrons. The van der Waals surface area contributed by atoms with Gasteiger partial charge in [0.1, 0.15) is 18.0 Å². The van der Waals surface area contributed by atoms with Crippen LogP contribution in [-0.4, -0.2) is 54.0 Å². The van der Waals surface area contributed by atoms with Crippen LogP contribution in [0.4, 0.5) is 10.5 Å². The molecular weight excluding hydrogens is 368 g/mol. The maximum absolute atomic E-state index is 12.3. The van der Waals surface area contributed by atoms with Crippen LogP contribution in [0.25, 0.3) is 0 Å². The molecule has 0 spiro atoms. The Morgan fingerprint density at radius 1 is 1.07 bits per heavy atom. The molecule has 1 heterocycles. The van der Waals surface area contributed by atoms with Crippen molar-refractivity contribution in [3.05, 3.63) is 60.2 Å². The van der Waals surface area contributed by atoms with Crippen LogP contribution in [0.3, 0.4) is 0 Å². The van der Waals surface area contributed by atoms with Gasteiger partial charge in [-0.3, -0.25) is 0 Å². The lowest BCUT2D eigenvalue weighted by molar-refractivity contribution is 0.0197. The zero-order chi connectivity index (χ0) is 20.9. The van der Waals surface area contributed by atoms with Gasteiger partial charge in [0, 0.05) is 25.3 Å². The fraction of sp³-hybridized carbons (Fsp3) is 0.435. The Bertz CT molecular complexity index is 787. The van der Waals surface area contributed by atoms with Crippen molar-refractivity contribution in [3.63, 3.8) is 0 Å². The van der Waals surface area contributed by atoms with Crippen molar-refractivity contribution >= 4 is 11.8 Å². The Kier molecular flexibility index (Phi) is 6.64. The van der Waals surface area contributed by atoms with Gasteiger partial charge in [-0.25, -0.2) is 4.79 Å². The average Bonchev–Trinajstić information content (AvgIpc) is 2.71. The highest BCUT2D eigenvalue weighted by Gasteiger charge is 2.31. The number of anilines is 1. The number of aliphatic hydroxyl groups excluding tert-OH is 1. The van der Waals surface area contributed by atoms with Crippen molar-refractivity contribution in [2.24, 2.45) is 0 Å². The number of hydrogen-bond acceptors (Lipinski definition) is 5. The van der Waals surface area contributed by atoms with E-state index in [1.807, 2.05) is 75.4 Å². The first kappa shape index (κ1) is 21.0. The smallest absolute Gasteiger partial charge is 0.410 e. The van der Waals surface area contributed by atoms with E-state index in [1.165, 1.54) is 0 Å². The minimum absolute atomic E-state index is 0.0362. The van der Waals surface area contributed by atoms with Crippen molar-refractivity contribution < 1.29 is 19.4 Å². The summed E-state index contributed by atoms with van der Waals surface area (Å²) in [7, 11) is 0. The molecule has 0 bridgehead atoms. The minimum Gasteiger partial charge on any atom is -0.489 e. The Hall–Kier alpha value is -2.73. The minimum atomic E-state index is -0.529. The number of carbonyl (C=O) groups excluding carboxylic acids is 1. The summed E-state index contributed by atoms with van der Waals surface area (Å²) in [6, 6.07) is 17.7. The third-order valence-corrected chi connectivity index (χ3v) is 4.76. The average molecular weight is 399 g/mol. The highest BCUT2D eigenvalue weighted by Crippen LogP contribution is 2.25. The number of benzene rings is 2. The van der Waals surface area contributed by atoms with Crippen molar-refractivity contribution in [2.45, 2.75) is 39.0 Å². The standard InChI is InChI=1S/C23H30N2O4/c1-23(2,3)29-22(27)24-13-14-25(20(15-24)16-26)19-9-11-21(12-10-19)28-17-18-7-5-4-6-8-18/h4-12,20,26H,13-17H2,1-3H3. The molecule has 1 aliphatic rings. The summed E-state index contributed by atoms with van der Waals surface area (Å²) in [6.45, 7) is 7.66. The third kappa shape index (κ3) is 5.87. The summed E-state index contributed by atoms with van der Waals surface area (Å²) < 4.78 is 11.3. The molecule has 0 aromatic heterocycles. The Morgan fingerprint density at radius 3 is 2.38 bits per heavy atom. The number of carbonyl (C=O) groups is 1. The van der Waals surface area contributed by atoms with Crippen LogP contribution in [0.5, 0.6) is 5.75 Å². The number of nitrogens with zero attached hydrogens (tertiary/aromatic N) is 2. The molecule has 29 heavy (non-hydrogen) atoms. The predicted octanol–water partition coefficient (Wildman–Crippen LogP) is 3.68. The number of amides is 1. The molecule has 1 N–H and O–H groups in total. The normalized spacial score (nSPS) is 17.2. The van der Waals surface area contributed by atoms with Crippen LogP contribution >= 0.6 is 0 Å². The SMILES string of the molecule is CC(C)(C)OC(=O)N1CCN(c2ccc(OCc3ccccc3)cc2)C(CO)C1. The van der Waals surface area contributed by atoms with E-state index in [-0.39, 0.29) is 18.7 Å². The van der Waals surface area contributed by atoms with E-state index in [0.717, 1.165) is 17.0 Å². The summed E-state index contributed by atoms with van der Waals surface area (Å²) in [6.07, 6.45) is -0.333. The van der Waals surface area contributed by atoms with E-state index in [0.29, 0.717) is 26.2 Å². The molecule has 1 saturated heterocycles. The molecule has 1 amide bonds. The van der Waals surface area contributed by atoms with E-state index in [9.17, 15) is 9.90 Å². The van der Waals surface area contributed by atoms with Crippen LogP contribution in [0.1, 0.15) is 26.3 Å². The lowest BCUT2D eigenvalue weighted by Crippen LogP contribution is -2.57. The number of aliphatic hydroxyl groups is 1. The van der Waals surface area contributed by atoms with Gasteiger partial charge in [0.05, 0.1) is 12.6 Å². The van der Waals surface area contributed by atoms with Gasteiger partial charge in [0.25, 0.3) is 0 Å². The molecule has 3 rings (SSSR count). The molecule has 6 nitrogen and oxygen atoms in total. The Morgan fingerprint density at radius 2 is 1.76 bits per heavy atom. The monoisotopic (exact) mass is 398 g/mol. The largest absolute Gasteiger partial charge is 0.489 e. The summed E-state index contributed by atoms with van der Waals surface area (Å²) in [5.41, 5.74) is 1.59. The number of hydrogen-bond donors (Lipinski definition) is 1. The Labute approximate surface area is 172 Å². The summed E-state index contributed by atoms with van der Waals surface area (Å²) in [4.78, 5) is 16.1. The molecule has 1 fully saturated rings. The van der Waals surface area contributed by atoms with Gasteiger partial charge in [-0.15, -0.1) is 0 Å². The number of piperazine rings is 1. The molecule has 0 saturated carbocycles. The summed E-state index contributed by atoms with van der Waals surface area (Å²) in [5, 5.41) is 9.87. The van der Waals surface area contributed by atoms with Crippen molar-refractivity contribution in [1.82, 2.24) is 4.90 Å². The van der Waals surface area contributed by atoms with Gasteiger partial charge in [0.2, 0.25) is 0 Å². The van der Waals surface area contributed by atoms with Crippen LogP contribution in [0.2, 0.25) is 0 Å². The third-order valence-electron chi connectivity index (χ3n) is 4.76.